The van der Waals surface area contributed by atoms with Gasteiger partial charge in [0.05, 0.1) is 12.2 Å². The standard InChI is InChI=1S/C20H22N2O3S/c1-3-4-13-25-19(24)16-7-11-18(12-8-16)22-20(26)21-17-9-5-15(6-10-17)14(2)23/h5-12H,3-4,13H2,1-2H3,(H2,21,22,26). The van der Waals surface area contributed by atoms with E-state index >= 15 is 0 Å². The second-order valence-corrected chi connectivity index (χ2v) is 6.19. The monoisotopic (exact) mass is 370 g/mol. The number of ketones is 1. The number of anilines is 2. The first-order valence-electron chi connectivity index (χ1n) is 8.46. The third-order valence-electron chi connectivity index (χ3n) is 3.66. The molecule has 2 rings (SSSR count). The van der Waals surface area contributed by atoms with Gasteiger partial charge in [-0.05, 0) is 74.1 Å². The fourth-order valence-corrected chi connectivity index (χ4v) is 2.40. The molecular formula is C20H22N2O3S. The van der Waals surface area contributed by atoms with E-state index in [9.17, 15) is 9.59 Å². The lowest BCUT2D eigenvalue weighted by Crippen LogP contribution is -2.19. The highest BCUT2D eigenvalue weighted by Gasteiger charge is 2.07. The van der Waals surface area contributed by atoms with E-state index in [0.717, 1.165) is 24.2 Å². The molecule has 26 heavy (non-hydrogen) atoms. The van der Waals surface area contributed by atoms with E-state index in [4.69, 9.17) is 17.0 Å². The minimum atomic E-state index is -0.323. The molecule has 0 unspecified atom stereocenters. The van der Waals surface area contributed by atoms with Gasteiger partial charge < -0.3 is 15.4 Å². The Bertz CT molecular complexity index is 771. The van der Waals surface area contributed by atoms with Crippen LogP contribution in [0.3, 0.4) is 0 Å². The lowest BCUT2D eigenvalue weighted by atomic mass is 10.1. The van der Waals surface area contributed by atoms with Gasteiger partial charge in [0.1, 0.15) is 0 Å². The zero-order chi connectivity index (χ0) is 18.9. The number of carbonyl (C=O) groups excluding carboxylic acids is 2. The fourth-order valence-electron chi connectivity index (χ4n) is 2.16. The van der Waals surface area contributed by atoms with Gasteiger partial charge in [0.25, 0.3) is 0 Å². The number of rotatable bonds is 7. The molecule has 0 spiro atoms. The van der Waals surface area contributed by atoms with Crippen molar-refractivity contribution in [3.63, 3.8) is 0 Å². The normalized spacial score (nSPS) is 10.1. The quantitative estimate of drug-likeness (QED) is 0.320. The molecule has 6 heteroatoms. The number of ether oxygens (including phenoxy) is 1. The summed E-state index contributed by atoms with van der Waals surface area (Å²) in [5.74, 6) is -0.304. The number of benzene rings is 2. The number of Topliss-reactive ketones (excluding diaryl/α,β-unsaturated/α-hetero) is 1. The molecule has 5 nitrogen and oxygen atoms in total. The highest BCUT2D eigenvalue weighted by molar-refractivity contribution is 7.80. The Morgan fingerprint density at radius 3 is 1.88 bits per heavy atom. The third kappa shape index (κ3) is 5.97. The van der Waals surface area contributed by atoms with Crippen molar-refractivity contribution in [3.8, 4) is 0 Å². The molecule has 2 N–H and O–H groups in total. The van der Waals surface area contributed by atoms with Gasteiger partial charge in [0, 0.05) is 16.9 Å². The molecule has 0 aliphatic carbocycles. The second kappa shape index (κ2) is 9.68. The van der Waals surface area contributed by atoms with Crippen LogP contribution in [0.25, 0.3) is 0 Å². The molecule has 0 saturated heterocycles. The molecule has 0 radical (unpaired) electrons. The SMILES string of the molecule is CCCCOC(=O)c1ccc(NC(=S)Nc2ccc(C(C)=O)cc2)cc1. The predicted octanol–water partition coefficient (Wildman–Crippen LogP) is 4.66. The number of carbonyl (C=O) groups is 2. The van der Waals surface area contributed by atoms with Crippen molar-refractivity contribution in [1.82, 2.24) is 0 Å². The molecule has 0 amide bonds. The minimum absolute atomic E-state index is 0.0190. The Morgan fingerprint density at radius 1 is 0.923 bits per heavy atom. The van der Waals surface area contributed by atoms with Crippen molar-refractivity contribution in [2.45, 2.75) is 26.7 Å². The van der Waals surface area contributed by atoms with Crippen LogP contribution in [0.15, 0.2) is 48.5 Å². The average molecular weight is 370 g/mol. The van der Waals surface area contributed by atoms with Gasteiger partial charge in [-0.3, -0.25) is 4.79 Å². The van der Waals surface area contributed by atoms with Gasteiger partial charge in [-0.2, -0.15) is 0 Å². The number of unbranched alkanes of at least 4 members (excludes halogenated alkanes) is 1. The fraction of sp³-hybridized carbons (Fsp3) is 0.250. The van der Waals surface area contributed by atoms with E-state index in [1.807, 2.05) is 6.92 Å². The molecule has 0 aliphatic rings. The number of hydrogen-bond acceptors (Lipinski definition) is 4. The smallest absolute Gasteiger partial charge is 0.338 e. The molecule has 0 aliphatic heterocycles. The van der Waals surface area contributed by atoms with Gasteiger partial charge in [-0.15, -0.1) is 0 Å². The summed E-state index contributed by atoms with van der Waals surface area (Å²) < 4.78 is 5.17. The summed E-state index contributed by atoms with van der Waals surface area (Å²) in [7, 11) is 0. The Balaban J connectivity index is 1.88. The number of thiocarbonyl (C=S) groups is 1. The van der Waals surface area contributed by atoms with Gasteiger partial charge >= 0.3 is 5.97 Å². The first-order chi connectivity index (χ1) is 12.5. The van der Waals surface area contributed by atoms with E-state index in [1.165, 1.54) is 6.92 Å². The molecular weight excluding hydrogens is 348 g/mol. The van der Waals surface area contributed by atoms with Gasteiger partial charge in [0.2, 0.25) is 0 Å². The molecule has 2 aromatic carbocycles. The number of nitrogens with one attached hydrogen (secondary N) is 2. The first kappa shape index (κ1) is 19.6. The van der Waals surface area contributed by atoms with Crippen LogP contribution in [-0.4, -0.2) is 23.5 Å². The van der Waals surface area contributed by atoms with Crippen molar-refractivity contribution >= 4 is 40.5 Å². The predicted molar refractivity (Wildman–Crippen MR) is 108 cm³/mol. The molecule has 136 valence electrons. The maximum absolute atomic E-state index is 11.9. The van der Waals surface area contributed by atoms with Crippen LogP contribution < -0.4 is 10.6 Å². The highest BCUT2D eigenvalue weighted by atomic mass is 32.1. The van der Waals surface area contributed by atoms with Crippen molar-refractivity contribution in [3.05, 3.63) is 59.7 Å². The van der Waals surface area contributed by atoms with Crippen molar-refractivity contribution in [1.29, 1.82) is 0 Å². The van der Waals surface area contributed by atoms with Crippen LogP contribution in [0.5, 0.6) is 0 Å². The van der Waals surface area contributed by atoms with Gasteiger partial charge in [-0.1, -0.05) is 13.3 Å². The van der Waals surface area contributed by atoms with Crippen LogP contribution >= 0.6 is 12.2 Å². The Morgan fingerprint density at radius 2 is 1.42 bits per heavy atom. The zero-order valence-corrected chi connectivity index (χ0v) is 15.7. The maximum atomic E-state index is 11.9. The summed E-state index contributed by atoms with van der Waals surface area (Å²) >= 11 is 5.28. The van der Waals surface area contributed by atoms with Crippen LogP contribution in [-0.2, 0) is 4.74 Å². The molecule has 0 saturated carbocycles. The Labute approximate surface area is 158 Å². The maximum Gasteiger partial charge on any atom is 0.338 e. The van der Waals surface area contributed by atoms with Gasteiger partial charge in [0.15, 0.2) is 10.9 Å². The summed E-state index contributed by atoms with van der Waals surface area (Å²) in [4.78, 5) is 23.1. The highest BCUT2D eigenvalue weighted by Crippen LogP contribution is 2.13. The van der Waals surface area contributed by atoms with Crippen LogP contribution in [0.2, 0.25) is 0 Å². The van der Waals surface area contributed by atoms with E-state index in [1.54, 1.807) is 48.5 Å². The largest absolute Gasteiger partial charge is 0.462 e. The number of esters is 1. The Kier molecular flexibility index (Phi) is 7.29. The van der Waals surface area contributed by atoms with E-state index in [-0.39, 0.29) is 11.8 Å². The summed E-state index contributed by atoms with van der Waals surface area (Å²) in [6, 6.07) is 14.0. The zero-order valence-electron chi connectivity index (χ0n) is 14.9. The van der Waals surface area contributed by atoms with E-state index < -0.39 is 0 Å². The molecule has 0 heterocycles. The molecule has 0 fully saturated rings. The second-order valence-electron chi connectivity index (χ2n) is 5.78. The Hall–Kier alpha value is -2.73. The van der Waals surface area contributed by atoms with Crippen molar-refractivity contribution < 1.29 is 14.3 Å². The summed E-state index contributed by atoms with van der Waals surface area (Å²) in [5, 5.41) is 6.51. The van der Waals surface area contributed by atoms with E-state index in [2.05, 4.69) is 10.6 Å². The first-order valence-corrected chi connectivity index (χ1v) is 8.86. The van der Waals surface area contributed by atoms with Crippen LogP contribution in [0.1, 0.15) is 47.4 Å². The molecule has 2 aromatic rings. The summed E-state index contributed by atoms with van der Waals surface area (Å²) in [5.41, 5.74) is 2.69. The van der Waals surface area contributed by atoms with Crippen molar-refractivity contribution in [2.24, 2.45) is 0 Å². The molecule has 0 aromatic heterocycles. The molecule has 0 atom stereocenters. The van der Waals surface area contributed by atoms with Crippen LogP contribution in [0, 0.1) is 0 Å². The topological polar surface area (TPSA) is 67.4 Å². The average Bonchev–Trinajstić information content (AvgIpc) is 2.62. The van der Waals surface area contributed by atoms with Crippen LogP contribution in [0.4, 0.5) is 11.4 Å². The summed E-state index contributed by atoms with van der Waals surface area (Å²) in [6.45, 7) is 4.01. The van der Waals surface area contributed by atoms with Crippen molar-refractivity contribution in [2.75, 3.05) is 17.2 Å². The number of hydrogen-bond donors (Lipinski definition) is 2. The van der Waals surface area contributed by atoms with E-state index in [0.29, 0.717) is 22.8 Å². The molecule has 0 bridgehead atoms. The third-order valence-corrected chi connectivity index (χ3v) is 3.86. The minimum Gasteiger partial charge on any atom is -0.462 e. The summed E-state index contributed by atoms with van der Waals surface area (Å²) in [6.07, 6.45) is 1.84. The lowest BCUT2D eigenvalue weighted by Gasteiger charge is -2.11. The lowest BCUT2D eigenvalue weighted by molar-refractivity contribution is 0.0499. The van der Waals surface area contributed by atoms with Gasteiger partial charge in [-0.25, -0.2) is 4.79 Å².